The van der Waals surface area contributed by atoms with Crippen molar-refractivity contribution < 1.29 is 4.21 Å². The lowest BCUT2D eigenvalue weighted by Gasteiger charge is -2.12. The van der Waals surface area contributed by atoms with Gasteiger partial charge in [0.05, 0.1) is 11.6 Å². The van der Waals surface area contributed by atoms with Crippen molar-refractivity contribution in [3.63, 3.8) is 0 Å². The average molecular weight is 301 g/mol. The number of anilines is 1. The molecule has 2 unspecified atom stereocenters. The maximum atomic E-state index is 11.2. The van der Waals surface area contributed by atoms with Gasteiger partial charge in [0, 0.05) is 39.0 Å². The van der Waals surface area contributed by atoms with E-state index in [1.165, 1.54) is 0 Å². The van der Waals surface area contributed by atoms with Crippen molar-refractivity contribution in [2.24, 2.45) is 0 Å². The zero-order valence-corrected chi connectivity index (χ0v) is 11.6. The van der Waals surface area contributed by atoms with Crippen LogP contribution in [-0.4, -0.2) is 22.3 Å². The van der Waals surface area contributed by atoms with Crippen LogP contribution >= 0.6 is 15.9 Å². The molecule has 0 amide bonds. The van der Waals surface area contributed by atoms with E-state index in [9.17, 15) is 4.21 Å². The molecule has 0 fully saturated rings. The summed E-state index contributed by atoms with van der Waals surface area (Å²) in [7, 11) is -0.827. The Hall–Kier alpha value is -0.860. The molecule has 2 atom stereocenters. The van der Waals surface area contributed by atoms with Gasteiger partial charge in [-0.05, 0) is 41.1 Å². The van der Waals surface area contributed by atoms with Gasteiger partial charge >= 0.3 is 0 Å². The molecule has 1 aromatic carbocycles. The predicted octanol–water partition coefficient (Wildman–Crippen LogP) is 2.50. The molecule has 0 radical (unpaired) electrons. The largest absolute Gasteiger partial charge is 0.383 e. The Balaban J connectivity index is 2.69. The number of nitrogens with one attached hydrogen (secondary N) is 1. The first-order valence-corrected chi connectivity index (χ1v) is 7.21. The molecule has 0 spiro atoms. The Morgan fingerprint density at radius 1 is 1.62 bits per heavy atom. The summed E-state index contributed by atoms with van der Waals surface area (Å²) < 4.78 is 12.0. The van der Waals surface area contributed by atoms with E-state index in [1.807, 2.05) is 13.0 Å². The highest BCUT2D eigenvalue weighted by atomic mass is 79.9. The standard InChI is InChI=1S/C11H13BrN2OS/c1-8(16(2)15)7-14-11-4-3-9(6-13)5-10(11)12/h3-5,8,14H,7H2,1-2H3. The molecule has 16 heavy (non-hydrogen) atoms. The molecular weight excluding hydrogens is 288 g/mol. The van der Waals surface area contributed by atoms with Gasteiger partial charge in [-0.25, -0.2) is 0 Å². The first kappa shape index (κ1) is 13.2. The second kappa shape index (κ2) is 6.02. The Kier molecular flexibility index (Phi) is 4.97. The molecule has 0 aliphatic heterocycles. The molecule has 1 N–H and O–H groups in total. The quantitative estimate of drug-likeness (QED) is 0.929. The lowest BCUT2D eigenvalue weighted by Crippen LogP contribution is -2.20. The highest BCUT2D eigenvalue weighted by Gasteiger charge is 2.07. The van der Waals surface area contributed by atoms with Crippen molar-refractivity contribution in [2.45, 2.75) is 12.2 Å². The van der Waals surface area contributed by atoms with Crippen LogP contribution in [0.25, 0.3) is 0 Å². The van der Waals surface area contributed by atoms with E-state index in [2.05, 4.69) is 27.3 Å². The third kappa shape index (κ3) is 3.62. The molecule has 0 bridgehead atoms. The van der Waals surface area contributed by atoms with E-state index in [-0.39, 0.29) is 5.25 Å². The third-order valence-electron chi connectivity index (χ3n) is 2.24. The van der Waals surface area contributed by atoms with Gasteiger partial charge < -0.3 is 5.32 Å². The second-order valence-corrected chi connectivity index (χ2v) is 6.15. The molecule has 86 valence electrons. The summed E-state index contributed by atoms with van der Waals surface area (Å²) in [6.45, 7) is 2.58. The van der Waals surface area contributed by atoms with Crippen molar-refractivity contribution >= 4 is 32.4 Å². The molecule has 5 heteroatoms. The van der Waals surface area contributed by atoms with E-state index in [0.717, 1.165) is 10.2 Å². The molecular formula is C11H13BrN2OS. The number of benzene rings is 1. The van der Waals surface area contributed by atoms with Gasteiger partial charge in [0.2, 0.25) is 0 Å². The van der Waals surface area contributed by atoms with Crippen LogP contribution in [0.3, 0.4) is 0 Å². The van der Waals surface area contributed by atoms with Crippen LogP contribution in [0.2, 0.25) is 0 Å². The summed E-state index contributed by atoms with van der Waals surface area (Å²) in [6, 6.07) is 7.42. The molecule has 0 aliphatic carbocycles. The average Bonchev–Trinajstić information content (AvgIpc) is 2.26. The smallest absolute Gasteiger partial charge is 0.0992 e. The van der Waals surface area contributed by atoms with Crippen molar-refractivity contribution in [1.82, 2.24) is 0 Å². The van der Waals surface area contributed by atoms with Gasteiger partial charge in [0.1, 0.15) is 0 Å². The maximum Gasteiger partial charge on any atom is 0.0992 e. The molecule has 0 saturated carbocycles. The van der Waals surface area contributed by atoms with E-state index >= 15 is 0 Å². The lowest BCUT2D eigenvalue weighted by atomic mass is 10.2. The van der Waals surface area contributed by atoms with Crippen LogP contribution in [0.5, 0.6) is 0 Å². The van der Waals surface area contributed by atoms with Gasteiger partial charge in [-0.15, -0.1) is 0 Å². The normalized spacial score (nSPS) is 13.9. The molecule has 0 saturated heterocycles. The van der Waals surface area contributed by atoms with Crippen molar-refractivity contribution in [1.29, 1.82) is 5.26 Å². The van der Waals surface area contributed by atoms with Crippen molar-refractivity contribution in [3.05, 3.63) is 28.2 Å². The van der Waals surface area contributed by atoms with Gasteiger partial charge in [0.15, 0.2) is 0 Å². The minimum Gasteiger partial charge on any atom is -0.383 e. The van der Waals surface area contributed by atoms with Gasteiger partial charge in [0.25, 0.3) is 0 Å². The number of halogens is 1. The topological polar surface area (TPSA) is 52.9 Å². The minimum absolute atomic E-state index is 0.0996. The van der Waals surface area contributed by atoms with Crippen molar-refractivity contribution in [3.8, 4) is 6.07 Å². The SMILES string of the molecule is CC(CNc1ccc(C#N)cc1Br)S(C)=O. The summed E-state index contributed by atoms with van der Waals surface area (Å²) in [5.41, 5.74) is 1.53. The van der Waals surface area contributed by atoms with E-state index in [1.54, 1.807) is 18.4 Å². The van der Waals surface area contributed by atoms with Crippen LogP contribution in [0, 0.1) is 11.3 Å². The second-order valence-electron chi connectivity index (χ2n) is 3.50. The number of nitrogens with zero attached hydrogens (tertiary/aromatic N) is 1. The van der Waals surface area contributed by atoms with E-state index in [4.69, 9.17) is 5.26 Å². The Morgan fingerprint density at radius 3 is 2.81 bits per heavy atom. The summed E-state index contributed by atoms with van der Waals surface area (Å²) in [4.78, 5) is 0. The minimum atomic E-state index is -0.827. The van der Waals surface area contributed by atoms with Gasteiger partial charge in [-0.1, -0.05) is 0 Å². The fourth-order valence-electron chi connectivity index (χ4n) is 1.10. The monoisotopic (exact) mass is 300 g/mol. The Labute approximate surface area is 106 Å². The maximum absolute atomic E-state index is 11.2. The third-order valence-corrected chi connectivity index (χ3v) is 4.20. The Morgan fingerprint density at radius 2 is 2.31 bits per heavy atom. The molecule has 1 rings (SSSR count). The van der Waals surface area contributed by atoms with E-state index < -0.39 is 10.8 Å². The molecule has 1 aromatic rings. The van der Waals surface area contributed by atoms with Crippen LogP contribution in [0.15, 0.2) is 22.7 Å². The predicted molar refractivity (Wildman–Crippen MR) is 70.9 cm³/mol. The highest BCUT2D eigenvalue weighted by molar-refractivity contribution is 9.10. The van der Waals surface area contributed by atoms with E-state index in [0.29, 0.717) is 12.1 Å². The van der Waals surface area contributed by atoms with Crippen LogP contribution < -0.4 is 5.32 Å². The molecule has 3 nitrogen and oxygen atoms in total. The zero-order valence-electron chi connectivity index (χ0n) is 9.16. The zero-order chi connectivity index (χ0) is 12.1. The number of hydrogen-bond donors (Lipinski definition) is 1. The van der Waals surface area contributed by atoms with Gasteiger partial charge in [-0.3, -0.25) is 4.21 Å². The summed E-state index contributed by atoms with van der Waals surface area (Å²) in [5.74, 6) is 0. The summed E-state index contributed by atoms with van der Waals surface area (Å²) >= 11 is 3.39. The summed E-state index contributed by atoms with van der Waals surface area (Å²) in [5, 5.41) is 12.0. The first-order valence-electron chi connectivity index (χ1n) is 4.80. The molecule has 0 heterocycles. The van der Waals surface area contributed by atoms with Gasteiger partial charge in [-0.2, -0.15) is 5.26 Å². The number of rotatable bonds is 4. The summed E-state index contributed by atoms with van der Waals surface area (Å²) in [6.07, 6.45) is 1.69. The lowest BCUT2D eigenvalue weighted by molar-refractivity contribution is 0.679. The van der Waals surface area contributed by atoms with Crippen LogP contribution in [0.4, 0.5) is 5.69 Å². The molecule has 0 aliphatic rings. The fraction of sp³-hybridized carbons (Fsp3) is 0.364. The Bertz CT molecular complexity index is 442. The number of nitriles is 1. The fourth-order valence-corrected chi connectivity index (χ4v) is 1.94. The number of hydrogen-bond acceptors (Lipinski definition) is 3. The molecule has 0 aromatic heterocycles. The first-order chi connectivity index (χ1) is 7.54. The highest BCUT2D eigenvalue weighted by Crippen LogP contribution is 2.23. The van der Waals surface area contributed by atoms with Crippen LogP contribution in [0.1, 0.15) is 12.5 Å². The van der Waals surface area contributed by atoms with Crippen LogP contribution in [-0.2, 0) is 10.8 Å². The van der Waals surface area contributed by atoms with Crippen molar-refractivity contribution in [2.75, 3.05) is 18.1 Å².